The molecule has 3 aromatic rings. The molecule has 0 aliphatic rings. The number of furan rings is 1. The summed E-state index contributed by atoms with van der Waals surface area (Å²) in [5.74, 6) is 1.26. The van der Waals surface area contributed by atoms with Crippen LogP contribution in [0.3, 0.4) is 0 Å². The van der Waals surface area contributed by atoms with Crippen molar-refractivity contribution in [3.8, 4) is 28.8 Å². The van der Waals surface area contributed by atoms with E-state index >= 15 is 0 Å². The molecule has 1 aromatic carbocycles. The first-order valence-electron chi connectivity index (χ1n) is 5.41. The number of phenolic OH excluding ortho intramolecular Hbond substituents is 1. The van der Waals surface area contributed by atoms with Gasteiger partial charge < -0.3 is 14.0 Å². The van der Waals surface area contributed by atoms with Crippen molar-refractivity contribution < 1.29 is 14.0 Å². The predicted molar refractivity (Wildman–Crippen MR) is 63.8 cm³/mol. The predicted octanol–water partition coefficient (Wildman–Crippen LogP) is 3.01. The van der Waals surface area contributed by atoms with E-state index in [4.69, 9.17) is 8.94 Å². The SMILES string of the molecule is Cc1ccc(O)c(-c2nc(-c3ccco3)no2)c1. The Labute approximate surface area is 103 Å². The van der Waals surface area contributed by atoms with Gasteiger partial charge in [0.05, 0.1) is 11.8 Å². The van der Waals surface area contributed by atoms with Gasteiger partial charge in [0.25, 0.3) is 5.89 Å². The lowest BCUT2D eigenvalue weighted by Crippen LogP contribution is -1.82. The van der Waals surface area contributed by atoms with Crippen molar-refractivity contribution in [2.24, 2.45) is 0 Å². The van der Waals surface area contributed by atoms with Crippen LogP contribution in [0.2, 0.25) is 0 Å². The normalized spacial score (nSPS) is 10.7. The van der Waals surface area contributed by atoms with E-state index in [2.05, 4.69) is 10.1 Å². The van der Waals surface area contributed by atoms with E-state index in [1.165, 1.54) is 6.26 Å². The van der Waals surface area contributed by atoms with E-state index < -0.39 is 0 Å². The second-order valence-electron chi connectivity index (χ2n) is 3.92. The Bertz CT molecular complexity index is 671. The number of aromatic nitrogens is 2. The van der Waals surface area contributed by atoms with Crippen LogP contribution in [0.1, 0.15) is 5.56 Å². The number of phenols is 1. The number of rotatable bonds is 2. The van der Waals surface area contributed by atoms with Crippen LogP contribution in [0.4, 0.5) is 0 Å². The Morgan fingerprint density at radius 1 is 1.22 bits per heavy atom. The minimum Gasteiger partial charge on any atom is -0.507 e. The molecule has 0 unspecified atom stereocenters. The van der Waals surface area contributed by atoms with Gasteiger partial charge in [0.15, 0.2) is 5.76 Å². The first kappa shape index (κ1) is 10.6. The second kappa shape index (κ2) is 4.03. The molecule has 5 nitrogen and oxygen atoms in total. The molecule has 3 rings (SSSR count). The summed E-state index contributed by atoms with van der Waals surface area (Å²) < 4.78 is 10.3. The van der Waals surface area contributed by atoms with Gasteiger partial charge in [0.2, 0.25) is 5.82 Å². The minimum absolute atomic E-state index is 0.107. The molecule has 0 spiro atoms. The van der Waals surface area contributed by atoms with Gasteiger partial charge in [-0.2, -0.15) is 4.98 Å². The third-order valence-corrected chi connectivity index (χ3v) is 2.55. The molecule has 0 saturated carbocycles. The molecule has 0 aliphatic carbocycles. The number of benzene rings is 1. The Balaban J connectivity index is 2.05. The van der Waals surface area contributed by atoms with Crippen molar-refractivity contribution >= 4 is 0 Å². The highest BCUT2D eigenvalue weighted by Crippen LogP contribution is 2.30. The summed E-state index contributed by atoms with van der Waals surface area (Å²) >= 11 is 0. The van der Waals surface area contributed by atoms with E-state index in [0.717, 1.165) is 5.56 Å². The van der Waals surface area contributed by atoms with Crippen LogP contribution in [0.5, 0.6) is 5.75 Å². The molecule has 0 aliphatic heterocycles. The molecular formula is C13H10N2O3. The zero-order valence-electron chi connectivity index (χ0n) is 9.62. The average Bonchev–Trinajstić information content (AvgIpc) is 3.00. The van der Waals surface area contributed by atoms with Crippen molar-refractivity contribution in [2.75, 3.05) is 0 Å². The van der Waals surface area contributed by atoms with Gasteiger partial charge >= 0.3 is 0 Å². The van der Waals surface area contributed by atoms with Crippen molar-refractivity contribution in [3.05, 3.63) is 42.2 Å². The highest BCUT2D eigenvalue weighted by Gasteiger charge is 2.15. The summed E-state index contributed by atoms with van der Waals surface area (Å²) in [6.45, 7) is 1.92. The maximum Gasteiger partial charge on any atom is 0.262 e. The Morgan fingerprint density at radius 2 is 2.11 bits per heavy atom. The summed E-state index contributed by atoms with van der Waals surface area (Å²) in [7, 11) is 0. The van der Waals surface area contributed by atoms with E-state index in [9.17, 15) is 5.11 Å². The highest BCUT2D eigenvalue weighted by atomic mass is 16.5. The zero-order chi connectivity index (χ0) is 12.5. The molecule has 0 atom stereocenters. The van der Waals surface area contributed by atoms with Gasteiger partial charge in [-0.3, -0.25) is 0 Å². The lowest BCUT2D eigenvalue weighted by Gasteiger charge is -1.99. The molecule has 0 radical (unpaired) electrons. The zero-order valence-corrected chi connectivity index (χ0v) is 9.62. The van der Waals surface area contributed by atoms with E-state index in [1.54, 1.807) is 24.3 Å². The molecule has 0 saturated heterocycles. The average molecular weight is 242 g/mol. The van der Waals surface area contributed by atoms with Crippen LogP contribution in [0.15, 0.2) is 45.5 Å². The molecule has 0 fully saturated rings. The van der Waals surface area contributed by atoms with Crippen LogP contribution in [0.25, 0.3) is 23.0 Å². The molecule has 5 heteroatoms. The summed E-state index contributed by atoms with van der Waals surface area (Å²) in [6, 6.07) is 8.68. The Morgan fingerprint density at radius 3 is 2.89 bits per heavy atom. The Kier molecular flexibility index (Phi) is 2.37. The smallest absolute Gasteiger partial charge is 0.262 e. The maximum atomic E-state index is 9.78. The fraction of sp³-hybridized carbons (Fsp3) is 0.0769. The third kappa shape index (κ3) is 1.75. The van der Waals surface area contributed by atoms with Crippen molar-refractivity contribution in [2.45, 2.75) is 6.92 Å². The number of aromatic hydroxyl groups is 1. The topological polar surface area (TPSA) is 72.3 Å². The standard InChI is InChI=1S/C13H10N2O3/c1-8-4-5-10(16)9(7-8)13-14-12(15-18-13)11-3-2-6-17-11/h2-7,16H,1H3. The molecule has 18 heavy (non-hydrogen) atoms. The van der Waals surface area contributed by atoms with Gasteiger partial charge in [-0.05, 0) is 31.2 Å². The lowest BCUT2D eigenvalue weighted by atomic mass is 10.1. The number of hydrogen-bond donors (Lipinski definition) is 1. The lowest BCUT2D eigenvalue weighted by molar-refractivity contribution is 0.423. The van der Waals surface area contributed by atoms with E-state index in [1.807, 2.05) is 13.0 Å². The molecule has 90 valence electrons. The molecule has 2 aromatic heterocycles. The summed E-state index contributed by atoms with van der Waals surface area (Å²) in [4.78, 5) is 4.19. The van der Waals surface area contributed by atoms with Crippen molar-refractivity contribution in [1.29, 1.82) is 0 Å². The largest absolute Gasteiger partial charge is 0.507 e. The fourth-order valence-electron chi connectivity index (χ4n) is 1.66. The van der Waals surface area contributed by atoms with Gasteiger partial charge in [0.1, 0.15) is 5.75 Å². The molecule has 0 amide bonds. The van der Waals surface area contributed by atoms with E-state index in [0.29, 0.717) is 17.1 Å². The van der Waals surface area contributed by atoms with Gasteiger partial charge in [-0.25, -0.2) is 0 Å². The number of hydrogen-bond acceptors (Lipinski definition) is 5. The van der Waals surface area contributed by atoms with Crippen LogP contribution >= 0.6 is 0 Å². The first-order valence-corrected chi connectivity index (χ1v) is 5.41. The van der Waals surface area contributed by atoms with Gasteiger partial charge in [-0.1, -0.05) is 16.8 Å². The van der Waals surface area contributed by atoms with Gasteiger partial charge in [-0.15, -0.1) is 0 Å². The van der Waals surface area contributed by atoms with Crippen molar-refractivity contribution in [1.82, 2.24) is 10.1 Å². The first-order chi connectivity index (χ1) is 8.74. The third-order valence-electron chi connectivity index (χ3n) is 2.55. The quantitative estimate of drug-likeness (QED) is 0.747. The highest BCUT2D eigenvalue weighted by molar-refractivity contribution is 5.64. The van der Waals surface area contributed by atoms with E-state index in [-0.39, 0.29) is 11.6 Å². The minimum atomic E-state index is 0.107. The van der Waals surface area contributed by atoms with Crippen molar-refractivity contribution in [3.63, 3.8) is 0 Å². The van der Waals surface area contributed by atoms with Crippen LogP contribution in [-0.2, 0) is 0 Å². The van der Waals surface area contributed by atoms with Crippen LogP contribution in [-0.4, -0.2) is 15.2 Å². The fourth-order valence-corrected chi connectivity index (χ4v) is 1.66. The molecule has 2 heterocycles. The van der Waals surface area contributed by atoms with Gasteiger partial charge in [0, 0.05) is 0 Å². The maximum absolute atomic E-state index is 9.78. The summed E-state index contributed by atoms with van der Waals surface area (Å²) in [6.07, 6.45) is 1.54. The monoisotopic (exact) mass is 242 g/mol. The molecular weight excluding hydrogens is 232 g/mol. The molecule has 0 bridgehead atoms. The number of nitrogens with zero attached hydrogens (tertiary/aromatic N) is 2. The summed E-state index contributed by atoms with van der Waals surface area (Å²) in [5.41, 5.74) is 1.51. The second-order valence-corrected chi connectivity index (χ2v) is 3.92. The van der Waals surface area contributed by atoms with Crippen LogP contribution < -0.4 is 0 Å². The Hall–Kier alpha value is -2.56. The molecule has 1 N–H and O–H groups in total. The summed E-state index contributed by atoms with van der Waals surface area (Å²) in [5, 5.41) is 13.6. The van der Waals surface area contributed by atoms with Crippen LogP contribution in [0, 0.1) is 6.92 Å². The number of aryl methyl sites for hydroxylation is 1.